The molecule has 0 spiro atoms. The normalized spacial score (nSPS) is 11.3. The first kappa shape index (κ1) is 15.6. The Labute approximate surface area is 147 Å². The second-order valence-electron chi connectivity index (χ2n) is 6.22. The van der Waals surface area contributed by atoms with Crippen LogP contribution in [-0.2, 0) is 13.1 Å². The highest BCUT2D eigenvalue weighted by Crippen LogP contribution is 2.23. The molecule has 3 heterocycles. The van der Waals surface area contributed by atoms with Crippen LogP contribution in [0.3, 0.4) is 0 Å². The number of nitrogens with zero attached hydrogens (tertiary/aromatic N) is 5. The summed E-state index contributed by atoms with van der Waals surface area (Å²) in [6.07, 6.45) is 6.75. The van der Waals surface area contributed by atoms with E-state index in [-0.39, 0.29) is 0 Å². The SMILES string of the molecule is CCCn1c(Cn2ccnc2-c2ccccc2C)nc2cccnc21. The first-order valence-electron chi connectivity index (χ1n) is 8.65. The van der Waals surface area contributed by atoms with Crippen molar-refractivity contribution in [3.63, 3.8) is 0 Å². The summed E-state index contributed by atoms with van der Waals surface area (Å²) in [7, 11) is 0. The first-order chi connectivity index (χ1) is 12.3. The summed E-state index contributed by atoms with van der Waals surface area (Å²) < 4.78 is 4.38. The molecule has 126 valence electrons. The van der Waals surface area contributed by atoms with Crippen LogP contribution in [0.15, 0.2) is 55.0 Å². The average molecular weight is 331 g/mol. The molecule has 0 atom stereocenters. The molecule has 1 aromatic carbocycles. The molecule has 0 saturated carbocycles. The molecule has 0 N–H and O–H groups in total. The van der Waals surface area contributed by atoms with Gasteiger partial charge in [0.1, 0.15) is 17.2 Å². The fraction of sp³-hybridized carbons (Fsp3) is 0.250. The van der Waals surface area contributed by atoms with E-state index in [0.29, 0.717) is 6.54 Å². The second kappa shape index (κ2) is 6.51. The minimum atomic E-state index is 0.681. The zero-order valence-corrected chi connectivity index (χ0v) is 14.6. The fourth-order valence-corrected chi connectivity index (χ4v) is 3.24. The van der Waals surface area contributed by atoms with Crippen molar-refractivity contribution in [1.82, 2.24) is 24.1 Å². The number of fused-ring (bicyclic) bond motifs is 1. The van der Waals surface area contributed by atoms with Gasteiger partial charge in [0.15, 0.2) is 5.65 Å². The van der Waals surface area contributed by atoms with E-state index in [4.69, 9.17) is 4.98 Å². The van der Waals surface area contributed by atoms with E-state index in [9.17, 15) is 0 Å². The summed E-state index contributed by atoms with van der Waals surface area (Å²) in [5.41, 5.74) is 4.28. The van der Waals surface area contributed by atoms with Gasteiger partial charge in [-0.2, -0.15) is 0 Å². The topological polar surface area (TPSA) is 48.5 Å². The molecule has 0 aliphatic carbocycles. The van der Waals surface area contributed by atoms with E-state index in [1.165, 1.54) is 5.56 Å². The van der Waals surface area contributed by atoms with E-state index in [1.54, 1.807) is 0 Å². The molecule has 0 bridgehead atoms. The lowest BCUT2D eigenvalue weighted by molar-refractivity contribution is 0.623. The number of aryl methyl sites for hydroxylation is 2. The Kier molecular flexibility index (Phi) is 4.06. The lowest BCUT2D eigenvalue weighted by Gasteiger charge is -2.11. The molecule has 0 amide bonds. The van der Waals surface area contributed by atoms with Crippen molar-refractivity contribution >= 4 is 11.2 Å². The van der Waals surface area contributed by atoms with Gasteiger partial charge in [0.05, 0.1) is 6.54 Å². The summed E-state index contributed by atoms with van der Waals surface area (Å²) in [5, 5.41) is 0. The number of hydrogen-bond acceptors (Lipinski definition) is 3. The molecule has 3 aromatic heterocycles. The fourth-order valence-electron chi connectivity index (χ4n) is 3.24. The zero-order chi connectivity index (χ0) is 17.2. The third-order valence-corrected chi connectivity index (χ3v) is 4.44. The summed E-state index contributed by atoms with van der Waals surface area (Å²) in [4.78, 5) is 13.9. The van der Waals surface area contributed by atoms with Gasteiger partial charge in [-0.1, -0.05) is 31.2 Å². The number of imidazole rings is 2. The molecular weight excluding hydrogens is 310 g/mol. The summed E-state index contributed by atoms with van der Waals surface area (Å²) in [5.74, 6) is 1.99. The molecule has 0 radical (unpaired) electrons. The Bertz CT molecular complexity index is 1010. The van der Waals surface area contributed by atoms with Crippen LogP contribution in [0, 0.1) is 6.92 Å². The van der Waals surface area contributed by atoms with Gasteiger partial charge in [0.2, 0.25) is 0 Å². The molecule has 5 heteroatoms. The molecule has 0 unspecified atom stereocenters. The minimum absolute atomic E-state index is 0.681. The number of pyridine rings is 1. The molecule has 0 saturated heterocycles. The average Bonchev–Trinajstić information content (AvgIpc) is 3.21. The molecular formula is C20H21N5. The third-order valence-electron chi connectivity index (χ3n) is 4.44. The predicted octanol–water partition coefficient (Wildman–Crippen LogP) is 4.06. The van der Waals surface area contributed by atoms with Crippen LogP contribution in [0.4, 0.5) is 0 Å². The number of hydrogen-bond donors (Lipinski definition) is 0. The van der Waals surface area contributed by atoms with E-state index in [0.717, 1.165) is 41.3 Å². The zero-order valence-electron chi connectivity index (χ0n) is 14.6. The van der Waals surface area contributed by atoms with Crippen LogP contribution in [0.2, 0.25) is 0 Å². The maximum atomic E-state index is 4.82. The van der Waals surface area contributed by atoms with Gasteiger partial charge >= 0.3 is 0 Å². The predicted molar refractivity (Wildman–Crippen MR) is 99.3 cm³/mol. The van der Waals surface area contributed by atoms with Gasteiger partial charge in [0, 0.05) is 30.7 Å². The van der Waals surface area contributed by atoms with Crippen LogP contribution >= 0.6 is 0 Å². The number of aromatic nitrogens is 5. The Morgan fingerprint density at radius 1 is 1.00 bits per heavy atom. The van der Waals surface area contributed by atoms with Crippen molar-refractivity contribution in [3.8, 4) is 11.4 Å². The van der Waals surface area contributed by atoms with Crippen molar-refractivity contribution in [2.45, 2.75) is 33.4 Å². The molecule has 4 aromatic rings. The van der Waals surface area contributed by atoms with E-state index in [1.807, 2.05) is 30.7 Å². The van der Waals surface area contributed by atoms with Gasteiger partial charge in [-0.05, 0) is 31.0 Å². The summed E-state index contributed by atoms with van der Waals surface area (Å²) in [6, 6.07) is 12.3. The van der Waals surface area contributed by atoms with Gasteiger partial charge < -0.3 is 9.13 Å². The highest BCUT2D eigenvalue weighted by atomic mass is 15.2. The molecule has 0 fully saturated rings. The molecule has 25 heavy (non-hydrogen) atoms. The van der Waals surface area contributed by atoms with Crippen LogP contribution in [0.1, 0.15) is 24.7 Å². The smallest absolute Gasteiger partial charge is 0.160 e. The first-order valence-corrected chi connectivity index (χ1v) is 8.65. The minimum Gasteiger partial charge on any atom is -0.323 e. The largest absolute Gasteiger partial charge is 0.323 e. The van der Waals surface area contributed by atoms with Crippen molar-refractivity contribution < 1.29 is 0 Å². The Morgan fingerprint density at radius 2 is 1.88 bits per heavy atom. The highest BCUT2D eigenvalue weighted by molar-refractivity contribution is 5.71. The Morgan fingerprint density at radius 3 is 2.72 bits per heavy atom. The van der Waals surface area contributed by atoms with E-state index >= 15 is 0 Å². The van der Waals surface area contributed by atoms with Crippen LogP contribution in [-0.4, -0.2) is 24.1 Å². The van der Waals surface area contributed by atoms with Crippen LogP contribution in [0.25, 0.3) is 22.6 Å². The summed E-state index contributed by atoms with van der Waals surface area (Å²) >= 11 is 0. The maximum absolute atomic E-state index is 4.82. The second-order valence-corrected chi connectivity index (χ2v) is 6.22. The third kappa shape index (κ3) is 2.82. The quantitative estimate of drug-likeness (QED) is 0.554. The monoisotopic (exact) mass is 331 g/mol. The standard InChI is InChI=1S/C20H21N5/c1-3-12-25-18(23-17-9-6-10-21-20(17)25)14-24-13-11-22-19(24)16-8-5-4-7-15(16)2/h4-11,13H,3,12,14H2,1-2H3. The van der Waals surface area contributed by atoms with Crippen LogP contribution < -0.4 is 0 Å². The van der Waals surface area contributed by atoms with Crippen molar-refractivity contribution in [3.05, 3.63) is 66.4 Å². The van der Waals surface area contributed by atoms with Gasteiger partial charge in [-0.25, -0.2) is 15.0 Å². The van der Waals surface area contributed by atoms with Gasteiger partial charge in [-0.15, -0.1) is 0 Å². The lowest BCUT2D eigenvalue weighted by Crippen LogP contribution is -2.10. The highest BCUT2D eigenvalue weighted by Gasteiger charge is 2.14. The number of rotatable bonds is 5. The van der Waals surface area contributed by atoms with E-state index < -0.39 is 0 Å². The van der Waals surface area contributed by atoms with Crippen molar-refractivity contribution in [2.75, 3.05) is 0 Å². The molecule has 0 aliphatic heterocycles. The van der Waals surface area contributed by atoms with Crippen molar-refractivity contribution in [2.24, 2.45) is 0 Å². The van der Waals surface area contributed by atoms with Gasteiger partial charge in [-0.3, -0.25) is 0 Å². The lowest BCUT2D eigenvalue weighted by atomic mass is 10.1. The van der Waals surface area contributed by atoms with Gasteiger partial charge in [0.25, 0.3) is 0 Å². The molecule has 4 rings (SSSR count). The maximum Gasteiger partial charge on any atom is 0.160 e. The molecule has 5 nitrogen and oxygen atoms in total. The Balaban J connectivity index is 1.77. The van der Waals surface area contributed by atoms with Crippen LogP contribution in [0.5, 0.6) is 0 Å². The Hall–Kier alpha value is -2.95. The molecule has 0 aliphatic rings. The number of benzene rings is 1. The van der Waals surface area contributed by atoms with E-state index in [2.05, 4.69) is 57.2 Å². The summed E-state index contributed by atoms with van der Waals surface area (Å²) in [6.45, 7) is 5.89. The van der Waals surface area contributed by atoms with Crippen molar-refractivity contribution in [1.29, 1.82) is 0 Å².